The number of hydrogen-bond acceptors (Lipinski definition) is 4. The fourth-order valence-electron chi connectivity index (χ4n) is 2.14. The standard InChI is InChI=1S/C17H37NO3/c1-4-7-10-19-12-14-21-15-13-20-11-9-17(8-5-2)16-18-6-3/h17-18H,4-16H2,1-3H3. The van der Waals surface area contributed by atoms with Gasteiger partial charge in [0.25, 0.3) is 0 Å². The molecule has 0 aliphatic heterocycles. The monoisotopic (exact) mass is 303 g/mol. The SMILES string of the molecule is CCCCOCCOCCOCCC(CCC)CNCC. The second-order valence-electron chi connectivity index (χ2n) is 5.44. The molecule has 0 spiro atoms. The predicted molar refractivity (Wildman–Crippen MR) is 88.9 cm³/mol. The van der Waals surface area contributed by atoms with Crippen LogP contribution in [0.3, 0.4) is 0 Å². The number of nitrogens with one attached hydrogen (secondary N) is 1. The molecule has 0 heterocycles. The average Bonchev–Trinajstić information content (AvgIpc) is 2.50. The van der Waals surface area contributed by atoms with Crippen molar-refractivity contribution < 1.29 is 14.2 Å². The molecule has 0 aromatic heterocycles. The van der Waals surface area contributed by atoms with Crippen LogP contribution in [0.15, 0.2) is 0 Å². The molecule has 0 aromatic rings. The van der Waals surface area contributed by atoms with Gasteiger partial charge >= 0.3 is 0 Å². The summed E-state index contributed by atoms with van der Waals surface area (Å²) < 4.78 is 16.5. The Morgan fingerprint density at radius 1 is 0.714 bits per heavy atom. The van der Waals surface area contributed by atoms with Crippen molar-refractivity contribution in [3.05, 3.63) is 0 Å². The zero-order valence-corrected chi connectivity index (χ0v) is 14.5. The van der Waals surface area contributed by atoms with Gasteiger partial charge in [-0.25, -0.2) is 0 Å². The predicted octanol–water partition coefficient (Wildman–Crippen LogP) is 3.25. The highest BCUT2D eigenvalue weighted by Crippen LogP contribution is 2.10. The Morgan fingerprint density at radius 2 is 1.33 bits per heavy atom. The molecule has 4 heteroatoms. The molecule has 0 bridgehead atoms. The average molecular weight is 303 g/mol. The molecule has 4 nitrogen and oxygen atoms in total. The number of rotatable bonds is 17. The fraction of sp³-hybridized carbons (Fsp3) is 1.00. The second-order valence-corrected chi connectivity index (χ2v) is 5.44. The lowest BCUT2D eigenvalue weighted by atomic mass is 10.0. The maximum absolute atomic E-state index is 5.64. The summed E-state index contributed by atoms with van der Waals surface area (Å²) in [5.74, 6) is 0.739. The number of unbranched alkanes of at least 4 members (excludes halogenated alkanes) is 1. The molecule has 128 valence electrons. The maximum Gasteiger partial charge on any atom is 0.0701 e. The number of hydrogen-bond donors (Lipinski definition) is 1. The van der Waals surface area contributed by atoms with Crippen molar-refractivity contribution >= 4 is 0 Å². The summed E-state index contributed by atoms with van der Waals surface area (Å²) in [5, 5.41) is 3.43. The van der Waals surface area contributed by atoms with E-state index in [9.17, 15) is 0 Å². The summed E-state index contributed by atoms with van der Waals surface area (Å²) in [6, 6.07) is 0. The first kappa shape index (κ1) is 20.8. The largest absolute Gasteiger partial charge is 0.379 e. The molecule has 21 heavy (non-hydrogen) atoms. The Bertz CT molecular complexity index is 191. The van der Waals surface area contributed by atoms with E-state index in [0.29, 0.717) is 26.4 Å². The van der Waals surface area contributed by atoms with E-state index in [4.69, 9.17) is 14.2 Å². The van der Waals surface area contributed by atoms with Crippen molar-refractivity contribution in [2.24, 2.45) is 5.92 Å². The lowest BCUT2D eigenvalue weighted by Gasteiger charge is -2.16. The van der Waals surface area contributed by atoms with Crippen LogP contribution in [0.2, 0.25) is 0 Å². The molecule has 1 N–H and O–H groups in total. The molecule has 0 saturated heterocycles. The highest BCUT2D eigenvalue weighted by molar-refractivity contribution is 4.61. The third-order valence-electron chi connectivity index (χ3n) is 3.44. The molecule has 0 aromatic carbocycles. The molecule has 0 fully saturated rings. The van der Waals surface area contributed by atoms with Crippen LogP contribution in [0, 0.1) is 5.92 Å². The summed E-state index contributed by atoms with van der Waals surface area (Å²) in [4.78, 5) is 0. The van der Waals surface area contributed by atoms with E-state index in [1.54, 1.807) is 0 Å². The van der Waals surface area contributed by atoms with Crippen LogP contribution in [-0.4, -0.2) is 52.7 Å². The molecule has 0 rings (SSSR count). The van der Waals surface area contributed by atoms with Crippen molar-refractivity contribution in [1.82, 2.24) is 5.32 Å². The molecule has 0 aliphatic carbocycles. The first-order valence-electron chi connectivity index (χ1n) is 8.79. The molecule has 0 radical (unpaired) electrons. The molecule has 1 atom stereocenters. The fourth-order valence-corrected chi connectivity index (χ4v) is 2.14. The van der Waals surface area contributed by atoms with Gasteiger partial charge < -0.3 is 19.5 Å². The zero-order chi connectivity index (χ0) is 15.6. The van der Waals surface area contributed by atoms with Crippen LogP contribution in [0.4, 0.5) is 0 Å². The van der Waals surface area contributed by atoms with Crippen molar-refractivity contribution in [1.29, 1.82) is 0 Å². The van der Waals surface area contributed by atoms with Crippen LogP contribution in [0.25, 0.3) is 0 Å². The van der Waals surface area contributed by atoms with E-state index in [1.807, 2.05) is 0 Å². The van der Waals surface area contributed by atoms with Gasteiger partial charge in [0, 0.05) is 13.2 Å². The zero-order valence-electron chi connectivity index (χ0n) is 14.5. The first-order chi connectivity index (χ1) is 10.3. The van der Waals surface area contributed by atoms with Crippen molar-refractivity contribution in [3.8, 4) is 0 Å². The van der Waals surface area contributed by atoms with E-state index < -0.39 is 0 Å². The molecule has 1 unspecified atom stereocenters. The van der Waals surface area contributed by atoms with E-state index >= 15 is 0 Å². The second kappa shape index (κ2) is 17.9. The molecular formula is C17H37NO3. The number of ether oxygens (including phenoxy) is 3. The lowest BCUT2D eigenvalue weighted by Crippen LogP contribution is -2.23. The Kier molecular flexibility index (Phi) is 17.8. The van der Waals surface area contributed by atoms with E-state index in [-0.39, 0.29) is 0 Å². The molecule has 0 amide bonds. The Hall–Kier alpha value is -0.160. The van der Waals surface area contributed by atoms with Crippen LogP contribution >= 0.6 is 0 Å². The Balaban J connectivity index is 3.25. The third-order valence-corrected chi connectivity index (χ3v) is 3.44. The Labute approximate surface area is 131 Å². The smallest absolute Gasteiger partial charge is 0.0701 e. The van der Waals surface area contributed by atoms with Gasteiger partial charge in [0.1, 0.15) is 0 Å². The summed E-state index contributed by atoms with van der Waals surface area (Å²) >= 11 is 0. The van der Waals surface area contributed by atoms with Gasteiger partial charge in [-0.05, 0) is 38.3 Å². The Morgan fingerprint density at radius 3 is 1.90 bits per heavy atom. The van der Waals surface area contributed by atoms with Gasteiger partial charge in [-0.2, -0.15) is 0 Å². The minimum absolute atomic E-state index is 0.669. The summed E-state index contributed by atoms with van der Waals surface area (Å²) in [7, 11) is 0. The quantitative estimate of drug-likeness (QED) is 0.419. The van der Waals surface area contributed by atoms with Crippen molar-refractivity contribution in [2.45, 2.75) is 52.9 Å². The minimum atomic E-state index is 0.669. The normalized spacial score (nSPS) is 12.7. The molecular weight excluding hydrogens is 266 g/mol. The van der Waals surface area contributed by atoms with Gasteiger partial charge in [-0.15, -0.1) is 0 Å². The van der Waals surface area contributed by atoms with Crippen molar-refractivity contribution in [3.63, 3.8) is 0 Å². The highest BCUT2D eigenvalue weighted by atomic mass is 16.5. The molecule has 0 aliphatic rings. The van der Waals surface area contributed by atoms with Gasteiger partial charge in [0.15, 0.2) is 0 Å². The van der Waals surface area contributed by atoms with Crippen LogP contribution < -0.4 is 5.32 Å². The van der Waals surface area contributed by atoms with E-state index in [1.165, 1.54) is 19.3 Å². The van der Waals surface area contributed by atoms with E-state index in [0.717, 1.165) is 45.1 Å². The van der Waals surface area contributed by atoms with Gasteiger partial charge in [-0.3, -0.25) is 0 Å². The topological polar surface area (TPSA) is 39.7 Å². The van der Waals surface area contributed by atoms with Gasteiger partial charge in [-0.1, -0.05) is 33.6 Å². The lowest BCUT2D eigenvalue weighted by molar-refractivity contribution is 0.0117. The van der Waals surface area contributed by atoms with Gasteiger partial charge in [0.05, 0.1) is 26.4 Å². The maximum atomic E-state index is 5.64. The summed E-state index contributed by atoms with van der Waals surface area (Å²) in [6.07, 6.45) is 5.98. The minimum Gasteiger partial charge on any atom is -0.379 e. The van der Waals surface area contributed by atoms with Gasteiger partial charge in [0.2, 0.25) is 0 Å². The highest BCUT2D eigenvalue weighted by Gasteiger charge is 2.06. The van der Waals surface area contributed by atoms with Crippen LogP contribution in [-0.2, 0) is 14.2 Å². The first-order valence-corrected chi connectivity index (χ1v) is 8.79. The molecule has 0 saturated carbocycles. The third kappa shape index (κ3) is 16.0. The van der Waals surface area contributed by atoms with Crippen molar-refractivity contribution in [2.75, 3.05) is 52.7 Å². The summed E-state index contributed by atoms with van der Waals surface area (Å²) in [6.45, 7) is 13.1. The summed E-state index contributed by atoms with van der Waals surface area (Å²) in [5.41, 5.74) is 0. The van der Waals surface area contributed by atoms with Crippen LogP contribution in [0.1, 0.15) is 52.9 Å². The van der Waals surface area contributed by atoms with E-state index in [2.05, 4.69) is 26.1 Å². The van der Waals surface area contributed by atoms with Crippen LogP contribution in [0.5, 0.6) is 0 Å².